The second kappa shape index (κ2) is 5.07. The first-order valence-corrected chi connectivity index (χ1v) is 4.60. The number of hydrogen-bond acceptors (Lipinski definition) is 3. The Kier molecular flexibility index (Phi) is 4.00. The summed E-state index contributed by atoms with van der Waals surface area (Å²) in [6.07, 6.45) is -3.42. The maximum absolute atomic E-state index is 12.6. The molecule has 7 heteroatoms. The molecule has 0 atom stereocenters. The van der Waals surface area contributed by atoms with Gasteiger partial charge >= 0.3 is 5.97 Å². The summed E-state index contributed by atoms with van der Waals surface area (Å²) in [5.41, 5.74) is -1.70. The van der Waals surface area contributed by atoms with Crippen molar-refractivity contribution in [2.75, 3.05) is 7.11 Å². The number of ether oxygens (including phenoxy) is 1. The SMILES string of the molecule is COC(=O)Cc1c(C(F)F)[nH]c(Cl)cc1=O. The van der Waals surface area contributed by atoms with E-state index in [-0.39, 0.29) is 10.7 Å². The van der Waals surface area contributed by atoms with Crippen molar-refractivity contribution >= 4 is 17.6 Å². The van der Waals surface area contributed by atoms with Crippen LogP contribution >= 0.6 is 11.6 Å². The highest BCUT2D eigenvalue weighted by atomic mass is 35.5. The third-order valence-electron chi connectivity index (χ3n) is 1.90. The van der Waals surface area contributed by atoms with Gasteiger partial charge in [-0.15, -0.1) is 0 Å². The lowest BCUT2D eigenvalue weighted by Gasteiger charge is -2.07. The molecule has 0 fully saturated rings. The molecule has 0 aliphatic carbocycles. The van der Waals surface area contributed by atoms with Gasteiger partial charge < -0.3 is 9.72 Å². The van der Waals surface area contributed by atoms with E-state index in [1.165, 1.54) is 0 Å². The first-order chi connectivity index (χ1) is 7.45. The number of methoxy groups -OCH3 is 1. The predicted octanol–water partition coefficient (Wildman–Crippen LogP) is 1.68. The molecule has 1 aromatic heterocycles. The molecule has 0 aliphatic rings. The van der Waals surface area contributed by atoms with E-state index in [0.29, 0.717) is 0 Å². The highest BCUT2D eigenvalue weighted by Crippen LogP contribution is 2.20. The number of nitrogens with one attached hydrogen (secondary N) is 1. The summed E-state index contributed by atoms with van der Waals surface area (Å²) in [6, 6.07) is 0.936. The molecule has 1 aromatic rings. The van der Waals surface area contributed by atoms with Crippen LogP contribution in [0.15, 0.2) is 10.9 Å². The number of alkyl halides is 2. The quantitative estimate of drug-likeness (QED) is 0.657. The Labute approximate surface area is 94.2 Å². The monoisotopic (exact) mass is 251 g/mol. The number of H-pyrrole nitrogens is 1. The van der Waals surface area contributed by atoms with Crippen LogP contribution in [0.1, 0.15) is 17.7 Å². The summed E-state index contributed by atoms with van der Waals surface area (Å²) in [6.45, 7) is 0. The van der Waals surface area contributed by atoms with Crippen molar-refractivity contribution in [2.45, 2.75) is 12.8 Å². The van der Waals surface area contributed by atoms with Crippen LogP contribution in [-0.4, -0.2) is 18.1 Å². The Balaban J connectivity index is 3.24. The number of carbonyl (C=O) groups excluding carboxylic acids is 1. The third kappa shape index (κ3) is 2.79. The number of esters is 1. The molecule has 0 aromatic carbocycles. The molecule has 0 unspecified atom stereocenters. The van der Waals surface area contributed by atoms with Gasteiger partial charge in [-0.1, -0.05) is 11.6 Å². The molecule has 0 amide bonds. The van der Waals surface area contributed by atoms with Crippen molar-refractivity contribution in [3.05, 3.63) is 32.7 Å². The Morgan fingerprint density at radius 2 is 2.25 bits per heavy atom. The summed E-state index contributed by atoms with van der Waals surface area (Å²) in [7, 11) is 1.11. The van der Waals surface area contributed by atoms with Crippen LogP contribution in [0.2, 0.25) is 5.15 Å². The molecule has 0 bridgehead atoms. The van der Waals surface area contributed by atoms with E-state index in [4.69, 9.17) is 11.6 Å². The van der Waals surface area contributed by atoms with Gasteiger partial charge in [-0.05, 0) is 0 Å². The molecule has 0 saturated carbocycles. The van der Waals surface area contributed by atoms with Crippen molar-refractivity contribution in [3.8, 4) is 0 Å². The van der Waals surface area contributed by atoms with E-state index >= 15 is 0 Å². The van der Waals surface area contributed by atoms with Crippen molar-refractivity contribution in [1.82, 2.24) is 4.98 Å². The molecular weight excluding hydrogens is 244 g/mol. The average Bonchev–Trinajstić information content (AvgIpc) is 2.20. The number of carbonyl (C=O) groups is 1. The van der Waals surface area contributed by atoms with E-state index in [1.54, 1.807) is 0 Å². The normalized spacial score (nSPS) is 10.6. The maximum Gasteiger partial charge on any atom is 0.310 e. The smallest absolute Gasteiger partial charge is 0.310 e. The summed E-state index contributed by atoms with van der Waals surface area (Å²) in [5, 5.41) is -0.200. The topological polar surface area (TPSA) is 59.2 Å². The lowest BCUT2D eigenvalue weighted by Crippen LogP contribution is -2.18. The molecule has 1 N–H and O–H groups in total. The van der Waals surface area contributed by atoms with Gasteiger partial charge in [0.05, 0.1) is 19.2 Å². The lowest BCUT2D eigenvalue weighted by atomic mass is 10.1. The van der Waals surface area contributed by atoms with Gasteiger partial charge in [-0.25, -0.2) is 8.78 Å². The Bertz CT molecular complexity index is 459. The van der Waals surface area contributed by atoms with E-state index in [9.17, 15) is 18.4 Å². The highest BCUT2D eigenvalue weighted by Gasteiger charge is 2.19. The molecule has 0 spiro atoms. The average molecular weight is 252 g/mol. The van der Waals surface area contributed by atoms with Crippen LogP contribution in [0.3, 0.4) is 0 Å². The Morgan fingerprint density at radius 1 is 1.62 bits per heavy atom. The van der Waals surface area contributed by atoms with E-state index in [0.717, 1.165) is 13.2 Å². The van der Waals surface area contributed by atoms with Crippen LogP contribution in [-0.2, 0) is 16.0 Å². The van der Waals surface area contributed by atoms with Crippen molar-refractivity contribution in [1.29, 1.82) is 0 Å². The number of pyridine rings is 1. The fourth-order valence-corrected chi connectivity index (χ4v) is 1.36. The largest absolute Gasteiger partial charge is 0.469 e. The standard InChI is InChI=1S/C9H8ClF2NO3/c1-16-7(15)2-4-5(14)3-6(10)13-8(4)9(11)12/h3,9H,2H2,1H3,(H,13,14). The summed E-state index contributed by atoms with van der Waals surface area (Å²) >= 11 is 5.43. The number of halogens is 3. The molecule has 88 valence electrons. The first-order valence-electron chi connectivity index (χ1n) is 4.22. The molecule has 1 heterocycles. The second-order valence-corrected chi connectivity index (χ2v) is 3.33. The number of aromatic nitrogens is 1. The van der Waals surface area contributed by atoms with E-state index < -0.39 is 29.9 Å². The fraction of sp³-hybridized carbons (Fsp3) is 0.333. The van der Waals surface area contributed by atoms with Gasteiger partial charge in [0.15, 0.2) is 5.43 Å². The maximum atomic E-state index is 12.6. The second-order valence-electron chi connectivity index (χ2n) is 2.93. The van der Waals surface area contributed by atoms with Crippen LogP contribution in [0.4, 0.5) is 8.78 Å². The van der Waals surface area contributed by atoms with Crippen molar-refractivity contribution in [2.24, 2.45) is 0 Å². The number of aromatic amines is 1. The van der Waals surface area contributed by atoms with Crippen LogP contribution in [0, 0.1) is 0 Å². The van der Waals surface area contributed by atoms with Gasteiger partial charge in [0.2, 0.25) is 0 Å². The van der Waals surface area contributed by atoms with Gasteiger partial charge in [0.25, 0.3) is 6.43 Å². The molecule has 0 radical (unpaired) electrons. The first kappa shape index (κ1) is 12.6. The molecule has 0 saturated heterocycles. The van der Waals surface area contributed by atoms with Crippen molar-refractivity contribution < 1.29 is 18.3 Å². The fourth-order valence-electron chi connectivity index (χ4n) is 1.16. The summed E-state index contributed by atoms with van der Waals surface area (Å²) in [4.78, 5) is 24.5. The van der Waals surface area contributed by atoms with Crippen LogP contribution < -0.4 is 5.43 Å². The zero-order valence-electron chi connectivity index (χ0n) is 8.22. The van der Waals surface area contributed by atoms with Gasteiger partial charge in [-0.2, -0.15) is 0 Å². The molecular formula is C9H8ClF2NO3. The molecule has 0 aliphatic heterocycles. The summed E-state index contributed by atoms with van der Waals surface area (Å²) in [5.74, 6) is -0.769. The van der Waals surface area contributed by atoms with E-state index in [1.807, 2.05) is 0 Å². The third-order valence-corrected chi connectivity index (χ3v) is 2.11. The highest BCUT2D eigenvalue weighted by molar-refractivity contribution is 6.29. The van der Waals surface area contributed by atoms with Crippen LogP contribution in [0.25, 0.3) is 0 Å². The molecule has 16 heavy (non-hydrogen) atoms. The van der Waals surface area contributed by atoms with E-state index in [2.05, 4.69) is 9.72 Å². The minimum Gasteiger partial charge on any atom is -0.469 e. The van der Waals surface area contributed by atoms with Gasteiger partial charge in [0, 0.05) is 11.6 Å². The lowest BCUT2D eigenvalue weighted by molar-refractivity contribution is -0.139. The van der Waals surface area contributed by atoms with Gasteiger partial charge in [-0.3, -0.25) is 9.59 Å². The number of hydrogen-bond donors (Lipinski definition) is 1. The zero-order valence-corrected chi connectivity index (χ0v) is 8.98. The predicted molar refractivity (Wildman–Crippen MR) is 52.7 cm³/mol. The Morgan fingerprint density at radius 3 is 2.75 bits per heavy atom. The van der Waals surface area contributed by atoms with Crippen LogP contribution in [0.5, 0.6) is 0 Å². The van der Waals surface area contributed by atoms with Crippen molar-refractivity contribution in [3.63, 3.8) is 0 Å². The minimum absolute atomic E-state index is 0.200. The summed E-state index contributed by atoms with van der Waals surface area (Å²) < 4.78 is 29.4. The Hall–Kier alpha value is -1.43. The molecule has 1 rings (SSSR count). The van der Waals surface area contributed by atoms with Gasteiger partial charge in [0.1, 0.15) is 5.15 Å². The minimum atomic E-state index is -2.91. The zero-order chi connectivity index (χ0) is 12.3. The number of rotatable bonds is 3. The molecule has 4 nitrogen and oxygen atoms in total.